The molecule has 1 aromatic rings. The molecule has 3 unspecified atom stereocenters. The van der Waals surface area contributed by atoms with Crippen molar-refractivity contribution in [2.45, 2.75) is 42.5 Å². The smallest absolute Gasteiger partial charge is 0.497 e. The molecule has 6 atom stereocenters. The fraction of sp³-hybridized carbons (Fsp3) is 0.647. The van der Waals surface area contributed by atoms with E-state index < -0.39 is 51.6 Å². The van der Waals surface area contributed by atoms with Crippen molar-refractivity contribution < 1.29 is 44.7 Å². The van der Waals surface area contributed by atoms with Gasteiger partial charge >= 0.3 is 15.6 Å². The minimum Gasteiger partial charge on any atom is -0.497 e. The summed E-state index contributed by atoms with van der Waals surface area (Å²) in [6.45, 7) is 1.58. The van der Waals surface area contributed by atoms with Gasteiger partial charge in [0, 0.05) is 11.5 Å². The van der Waals surface area contributed by atoms with E-state index in [-0.39, 0.29) is 6.61 Å². The van der Waals surface area contributed by atoms with Crippen molar-refractivity contribution in [3.8, 4) is 5.75 Å². The van der Waals surface area contributed by atoms with Gasteiger partial charge in [-0.1, -0.05) is 19.1 Å². The van der Waals surface area contributed by atoms with Crippen molar-refractivity contribution in [3.05, 3.63) is 29.8 Å². The van der Waals surface area contributed by atoms with Crippen LogP contribution in [0, 0.1) is 5.92 Å². The largest absolute Gasteiger partial charge is 0.523 e. The Morgan fingerprint density at radius 2 is 1.83 bits per heavy atom. The van der Waals surface area contributed by atoms with E-state index in [9.17, 15) is 21.6 Å². The van der Waals surface area contributed by atoms with E-state index in [1.165, 1.54) is 18.9 Å². The van der Waals surface area contributed by atoms with Crippen molar-refractivity contribution in [2.75, 3.05) is 20.0 Å². The van der Waals surface area contributed by atoms with Gasteiger partial charge in [0.2, 0.25) is 0 Å². The standard InChI is InChI=1S/C17H21F3O7S2/c1-9-13(27-29(21,22)17(18,19)20)14-12(25-16(9)28-3)8-24-15(26-14)10-4-6-11(23-2)7-5-10/h4-7,9,12-16H,8H2,1-3H3/t9?,12?,13-,14-,15?,16+/m1/s1. The van der Waals surface area contributed by atoms with Gasteiger partial charge in [0.25, 0.3) is 0 Å². The summed E-state index contributed by atoms with van der Waals surface area (Å²) in [6.07, 6.45) is -2.43. The first-order valence-corrected chi connectivity index (χ1v) is 11.4. The number of alkyl halides is 3. The van der Waals surface area contributed by atoms with Gasteiger partial charge in [-0.05, 0) is 18.4 Å². The molecule has 0 radical (unpaired) electrons. The highest BCUT2D eigenvalue weighted by Gasteiger charge is 2.55. The number of benzene rings is 1. The van der Waals surface area contributed by atoms with Gasteiger partial charge in [-0.15, -0.1) is 11.8 Å². The Labute approximate surface area is 170 Å². The average Bonchev–Trinajstić information content (AvgIpc) is 2.68. The predicted molar refractivity (Wildman–Crippen MR) is 97.7 cm³/mol. The molecule has 0 saturated carbocycles. The lowest BCUT2D eigenvalue weighted by Gasteiger charge is -2.48. The van der Waals surface area contributed by atoms with Crippen LogP contribution in [-0.2, 0) is 28.5 Å². The SMILES string of the molecule is COc1ccc(C2OCC3O[C@@H](SC)C(C)[C@@H](OS(=O)(=O)C(F)(F)F)[C@@H]3O2)cc1. The monoisotopic (exact) mass is 458 g/mol. The van der Waals surface area contributed by atoms with Crippen molar-refractivity contribution in [2.24, 2.45) is 5.92 Å². The number of ether oxygens (including phenoxy) is 4. The Morgan fingerprint density at radius 1 is 1.17 bits per heavy atom. The first-order chi connectivity index (χ1) is 13.6. The molecule has 2 aliphatic rings. The zero-order chi connectivity index (χ0) is 21.4. The number of hydrogen-bond donors (Lipinski definition) is 0. The maximum absolute atomic E-state index is 12.9. The van der Waals surface area contributed by atoms with E-state index in [0.717, 1.165) is 0 Å². The van der Waals surface area contributed by atoms with Gasteiger partial charge < -0.3 is 18.9 Å². The molecule has 2 fully saturated rings. The number of thioether (sulfide) groups is 1. The minimum atomic E-state index is -5.81. The summed E-state index contributed by atoms with van der Waals surface area (Å²) in [7, 11) is -4.29. The zero-order valence-electron chi connectivity index (χ0n) is 15.8. The maximum Gasteiger partial charge on any atom is 0.523 e. The van der Waals surface area contributed by atoms with Crippen LogP contribution in [0.25, 0.3) is 0 Å². The molecule has 2 saturated heterocycles. The molecule has 29 heavy (non-hydrogen) atoms. The first-order valence-electron chi connectivity index (χ1n) is 8.66. The average molecular weight is 458 g/mol. The van der Waals surface area contributed by atoms with Gasteiger partial charge in [0.1, 0.15) is 29.5 Å². The Kier molecular flexibility index (Phi) is 6.71. The van der Waals surface area contributed by atoms with Crippen LogP contribution in [0.3, 0.4) is 0 Å². The van der Waals surface area contributed by atoms with Crippen LogP contribution in [0.1, 0.15) is 18.8 Å². The summed E-state index contributed by atoms with van der Waals surface area (Å²) in [6, 6.07) is 6.73. The molecule has 2 heterocycles. The first kappa shape index (κ1) is 22.6. The van der Waals surface area contributed by atoms with E-state index in [1.54, 1.807) is 37.4 Å². The lowest BCUT2D eigenvalue weighted by Crippen LogP contribution is -2.59. The second-order valence-corrected chi connectivity index (χ2v) is 9.14. The molecule has 0 aromatic heterocycles. The molecule has 0 aliphatic carbocycles. The topological polar surface area (TPSA) is 80.3 Å². The van der Waals surface area contributed by atoms with Gasteiger partial charge in [-0.3, -0.25) is 4.18 Å². The second-order valence-electron chi connectivity index (χ2n) is 6.64. The Hall–Kier alpha value is -1.05. The fourth-order valence-electron chi connectivity index (χ4n) is 3.25. The van der Waals surface area contributed by atoms with Gasteiger partial charge in [0.15, 0.2) is 6.29 Å². The molecule has 12 heteroatoms. The van der Waals surface area contributed by atoms with Crippen LogP contribution in [0.4, 0.5) is 13.2 Å². The van der Waals surface area contributed by atoms with Crippen LogP contribution in [0.2, 0.25) is 0 Å². The van der Waals surface area contributed by atoms with Crippen LogP contribution < -0.4 is 4.74 Å². The molecular weight excluding hydrogens is 437 g/mol. The van der Waals surface area contributed by atoms with Crippen molar-refractivity contribution in [3.63, 3.8) is 0 Å². The molecule has 3 rings (SSSR count). The summed E-state index contributed by atoms with van der Waals surface area (Å²) < 4.78 is 89.1. The lowest BCUT2D eigenvalue weighted by molar-refractivity contribution is -0.308. The molecular formula is C17H21F3O7S2. The van der Waals surface area contributed by atoms with Crippen molar-refractivity contribution in [1.82, 2.24) is 0 Å². The Bertz CT molecular complexity index is 800. The van der Waals surface area contributed by atoms with Gasteiger partial charge in [-0.2, -0.15) is 21.6 Å². The van der Waals surface area contributed by atoms with Crippen molar-refractivity contribution in [1.29, 1.82) is 0 Å². The molecule has 2 aliphatic heterocycles. The summed E-state index contributed by atoms with van der Waals surface area (Å²) in [5, 5.41) is 0. The fourth-order valence-corrected chi connectivity index (χ4v) is 4.78. The van der Waals surface area contributed by atoms with Crippen LogP contribution in [0.5, 0.6) is 5.75 Å². The molecule has 1 aromatic carbocycles. The van der Waals surface area contributed by atoms with E-state index in [2.05, 4.69) is 4.18 Å². The van der Waals surface area contributed by atoms with Gasteiger partial charge in [0.05, 0.1) is 13.7 Å². The number of methoxy groups -OCH3 is 1. The molecule has 0 amide bonds. The van der Waals surface area contributed by atoms with Crippen LogP contribution in [0.15, 0.2) is 24.3 Å². The highest BCUT2D eigenvalue weighted by Crippen LogP contribution is 2.42. The van der Waals surface area contributed by atoms with Crippen molar-refractivity contribution >= 4 is 21.9 Å². The molecule has 7 nitrogen and oxygen atoms in total. The van der Waals surface area contributed by atoms with E-state index in [1.807, 2.05) is 0 Å². The molecule has 0 spiro atoms. The van der Waals surface area contributed by atoms with E-state index >= 15 is 0 Å². The van der Waals surface area contributed by atoms with Gasteiger partial charge in [-0.25, -0.2) is 0 Å². The van der Waals surface area contributed by atoms with E-state index in [4.69, 9.17) is 18.9 Å². The summed E-state index contributed by atoms with van der Waals surface area (Å²) in [5.41, 5.74) is -5.51. The third-order valence-electron chi connectivity index (χ3n) is 4.78. The number of rotatable bonds is 5. The normalized spacial score (nSPS) is 33.2. The summed E-state index contributed by atoms with van der Waals surface area (Å²) in [4.78, 5) is 0. The lowest BCUT2D eigenvalue weighted by atomic mass is 9.93. The third-order valence-corrected chi connectivity index (χ3v) is 6.83. The minimum absolute atomic E-state index is 0.0110. The van der Waals surface area contributed by atoms with Crippen LogP contribution in [-0.4, -0.2) is 57.6 Å². The maximum atomic E-state index is 12.9. The highest BCUT2D eigenvalue weighted by atomic mass is 32.2. The number of hydrogen-bond acceptors (Lipinski definition) is 8. The molecule has 0 bridgehead atoms. The van der Waals surface area contributed by atoms with Crippen LogP contribution >= 0.6 is 11.8 Å². The summed E-state index contributed by atoms with van der Waals surface area (Å²) >= 11 is 1.24. The number of fused-ring (bicyclic) bond motifs is 1. The number of halogens is 3. The molecule has 164 valence electrons. The predicted octanol–water partition coefficient (Wildman–Crippen LogP) is 3.07. The highest BCUT2D eigenvalue weighted by molar-refractivity contribution is 7.99. The van der Waals surface area contributed by atoms with E-state index in [0.29, 0.717) is 11.3 Å². The Morgan fingerprint density at radius 3 is 2.38 bits per heavy atom. The quantitative estimate of drug-likeness (QED) is 0.492. The zero-order valence-corrected chi connectivity index (χ0v) is 17.4. The third kappa shape index (κ3) is 4.67. The summed E-state index contributed by atoms with van der Waals surface area (Å²) in [5.74, 6) is -0.0738. The molecule has 0 N–H and O–H groups in total. The second kappa shape index (κ2) is 8.60. The Balaban J connectivity index is 1.86.